The number of fused-ring (bicyclic) bond motifs is 1. The van der Waals surface area contributed by atoms with Gasteiger partial charge in [-0.3, -0.25) is 4.98 Å². The Kier molecular flexibility index (Phi) is 3.65. The number of nitrogen functional groups attached to an aromatic ring is 1. The van der Waals surface area contributed by atoms with E-state index in [9.17, 15) is 0 Å². The van der Waals surface area contributed by atoms with Gasteiger partial charge in [0.25, 0.3) is 0 Å². The Bertz CT molecular complexity index is 582. The minimum absolute atomic E-state index is 0.337. The standard InChI is InChI=1S/C16H23N3/c1-11-9-15(18-8-7-16(2,3)4)13-10-12(17)5-6-14(13)19-11/h5-6,9-10H,7-8,17H2,1-4H3,(H,18,19). The van der Waals surface area contributed by atoms with Crippen molar-refractivity contribution in [2.45, 2.75) is 34.1 Å². The van der Waals surface area contributed by atoms with Crippen LogP contribution in [0, 0.1) is 12.3 Å². The van der Waals surface area contributed by atoms with E-state index in [0.717, 1.165) is 40.9 Å². The van der Waals surface area contributed by atoms with E-state index in [1.54, 1.807) is 0 Å². The molecule has 1 heterocycles. The second-order valence-electron chi connectivity index (χ2n) is 6.33. The van der Waals surface area contributed by atoms with E-state index in [2.05, 4.69) is 37.1 Å². The van der Waals surface area contributed by atoms with Crippen molar-refractivity contribution >= 4 is 22.3 Å². The maximum Gasteiger partial charge on any atom is 0.0727 e. The lowest BCUT2D eigenvalue weighted by Crippen LogP contribution is -2.13. The molecule has 19 heavy (non-hydrogen) atoms. The van der Waals surface area contributed by atoms with Gasteiger partial charge in [0.15, 0.2) is 0 Å². The van der Waals surface area contributed by atoms with Crippen LogP contribution < -0.4 is 11.1 Å². The van der Waals surface area contributed by atoms with Gasteiger partial charge in [-0.05, 0) is 43.0 Å². The summed E-state index contributed by atoms with van der Waals surface area (Å²) >= 11 is 0. The van der Waals surface area contributed by atoms with Gasteiger partial charge in [0.1, 0.15) is 0 Å². The van der Waals surface area contributed by atoms with Crippen LogP contribution in [0.2, 0.25) is 0 Å². The molecule has 2 rings (SSSR count). The third-order valence-electron chi connectivity index (χ3n) is 3.15. The van der Waals surface area contributed by atoms with Crippen molar-refractivity contribution < 1.29 is 0 Å². The Labute approximate surface area is 115 Å². The lowest BCUT2D eigenvalue weighted by atomic mass is 9.92. The van der Waals surface area contributed by atoms with Crippen LogP contribution in [-0.2, 0) is 0 Å². The number of nitrogens with zero attached hydrogens (tertiary/aromatic N) is 1. The Morgan fingerprint density at radius 2 is 1.95 bits per heavy atom. The second-order valence-corrected chi connectivity index (χ2v) is 6.33. The Morgan fingerprint density at radius 3 is 2.63 bits per heavy atom. The van der Waals surface area contributed by atoms with Gasteiger partial charge in [-0.15, -0.1) is 0 Å². The predicted octanol–water partition coefficient (Wildman–Crippen LogP) is 3.97. The van der Waals surface area contributed by atoms with Crippen LogP contribution in [0.1, 0.15) is 32.9 Å². The summed E-state index contributed by atoms with van der Waals surface area (Å²) < 4.78 is 0. The van der Waals surface area contributed by atoms with Crippen LogP contribution in [0.25, 0.3) is 10.9 Å². The molecular formula is C16H23N3. The Balaban J connectivity index is 2.28. The molecule has 0 bridgehead atoms. The molecule has 0 saturated heterocycles. The maximum atomic E-state index is 5.87. The lowest BCUT2D eigenvalue weighted by molar-refractivity contribution is 0.390. The largest absolute Gasteiger partial charge is 0.399 e. The van der Waals surface area contributed by atoms with Crippen LogP contribution >= 0.6 is 0 Å². The molecule has 3 N–H and O–H groups in total. The number of rotatable bonds is 3. The van der Waals surface area contributed by atoms with Crippen molar-refractivity contribution in [2.24, 2.45) is 5.41 Å². The number of hydrogen-bond acceptors (Lipinski definition) is 3. The summed E-state index contributed by atoms with van der Waals surface area (Å²) in [4.78, 5) is 4.54. The molecule has 0 spiro atoms. The molecule has 3 nitrogen and oxygen atoms in total. The van der Waals surface area contributed by atoms with E-state index < -0.39 is 0 Å². The summed E-state index contributed by atoms with van der Waals surface area (Å²) in [6.45, 7) is 9.73. The van der Waals surface area contributed by atoms with Gasteiger partial charge in [0.05, 0.1) is 5.52 Å². The van der Waals surface area contributed by atoms with Crippen LogP contribution in [0.5, 0.6) is 0 Å². The zero-order valence-electron chi connectivity index (χ0n) is 12.2. The summed E-state index contributed by atoms with van der Waals surface area (Å²) in [5.41, 5.74) is 10.1. The van der Waals surface area contributed by atoms with E-state index in [1.807, 2.05) is 25.1 Å². The first-order valence-electron chi connectivity index (χ1n) is 6.76. The average Bonchev–Trinajstić information content (AvgIpc) is 2.28. The van der Waals surface area contributed by atoms with E-state index in [1.165, 1.54) is 0 Å². The first-order valence-corrected chi connectivity index (χ1v) is 6.76. The van der Waals surface area contributed by atoms with Gasteiger partial charge in [-0.25, -0.2) is 0 Å². The molecule has 0 radical (unpaired) electrons. The van der Waals surface area contributed by atoms with Gasteiger partial charge >= 0.3 is 0 Å². The molecular weight excluding hydrogens is 234 g/mol. The first-order chi connectivity index (χ1) is 8.85. The number of benzene rings is 1. The highest BCUT2D eigenvalue weighted by Gasteiger charge is 2.10. The number of aryl methyl sites for hydroxylation is 1. The molecule has 3 heteroatoms. The van der Waals surface area contributed by atoms with Crippen LogP contribution in [0.15, 0.2) is 24.3 Å². The third-order valence-corrected chi connectivity index (χ3v) is 3.15. The third kappa shape index (κ3) is 3.60. The van der Waals surface area contributed by atoms with Gasteiger partial charge in [-0.2, -0.15) is 0 Å². The molecule has 0 atom stereocenters. The topological polar surface area (TPSA) is 50.9 Å². The van der Waals surface area contributed by atoms with Crippen molar-refractivity contribution in [3.05, 3.63) is 30.0 Å². The van der Waals surface area contributed by atoms with Crippen molar-refractivity contribution in [3.63, 3.8) is 0 Å². The second kappa shape index (κ2) is 5.08. The zero-order chi connectivity index (χ0) is 14.0. The molecule has 2 aromatic rings. The highest BCUT2D eigenvalue weighted by Crippen LogP contribution is 2.26. The molecule has 0 aliphatic rings. The Hall–Kier alpha value is -1.77. The number of hydrogen-bond donors (Lipinski definition) is 2. The SMILES string of the molecule is Cc1cc(NCCC(C)(C)C)c2cc(N)ccc2n1. The lowest BCUT2D eigenvalue weighted by Gasteiger charge is -2.19. The molecule has 0 saturated carbocycles. The van der Waals surface area contributed by atoms with Crippen molar-refractivity contribution in [1.82, 2.24) is 4.98 Å². The van der Waals surface area contributed by atoms with Gasteiger partial charge < -0.3 is 11.1 Å². The minimum Gasteiger partial charge on any atom is -0.399 e. The van der Waals surface area contributed by atoms with Crippen LogP contribution in [0.3, 0.4) is 0 Å². The van der Waals surface area contributed by atoms with Crippen molar-refractivity contribution in [3.8, 4) is 0 Å². The molecule has 1 aromatic carbocycles. The highest BCUT2D eigenvalue weighted by atomic mass is 14.9. The number of nitrogens with two attached hydrogens (primary N) is 1. The minimum atomic E-state index is 0.337. The number of nitrogens with one attached hydrogen (secondary N) is 1. The monoisotopic (exact) mass is 257 g/mol. The fourth-order valence-electron chi connectivity index (χ4n) is 2.09. The van der Waals surface area contributed by atoms with E-state index in [0.29, 0.717) is 5.41 Å². The maximum absolute atomic E-state index is 5.87. The average molecular weight is 257 g/mol. The number of pyridine rings is 1. The molecule has 1 aromatic heterocycles. The van der Waals surface area contributed by atoms with E-state index in [-0.39, 0.29) is 0 Å². The highest BCUT2D eigenvalue weighted by molar-refractivity contribution is 5.93. The Morgan fingerprint density at radius 1 is 1.21 bits per heavy atom. The summed E-state index contributed by atoms with van der Waals surface area (Å²) in [6, 6.07) is 7.95. The van der Waals surface area contributed by atoms with Gasteiger partial charge in [-0.1, -0.05) is 20.8 Å². The summed E-state index contributed by atoms with van der Waals surface area (Å²) in [6.07, 6.45) is 1.12. The quantitative estimate of drug-likeness (QED) is 0.818. The fraction of sp³-hybridized carbons (Fsp3) is 0.438. The first kappa shape index (κ1) is 13.7. The van der Waals surface area contributed by atoms with Crippen LogP contribution in [0.4, 0.5) is 11.4 Å². The van der Waals surface area contributed by atoms with Crippen molar-refractivity contribution in [1.29, 1.82) is 0 Å². The van der Waals surface area contributed by atoms with Gasteiger partial charge in [0, 0.05) is 29.0 Å². The smallest absolute Gasteiger partial charge is 0.0727 e. The summed E-state index contributed by atoms with van der Waals surface area (Å²) in [5, 5.41) is 4.61. The number of anilines is 2. The molecule has 0 unspecified atom stereocenters. The van der Waals surface area contributed by atoms with E-state index >= 15 is 0 Å². The summed E-state index contributed by atoms with van der Waals surface area (Å²) in [5.74, 6) is 0. The molecule has 0 aliphatic carbocycles. The number of aromatic nitrogens is 1. The van der Waals surface area contributed by atoms with Crippen molar-refractivity contribution in [2.75, 3.05) is 17.6 Å². The van der Waals surface area contributed by atoms with E-state index in [4.69, 9.17) is 5.73 Å². The molecule has 0 aliphatic heterocycles. The summed E-state index contributed by atoms with van der Waals surface area (Å²) in [7, 11) is 0. The molecule has 0 fully saturated rings. The van der Waals surface area contributed by atoms with Gasteiger partial charge in [0.2, 0.25) is 0 Å². The fourth-order valence-corrected chi connectivity index (χ4v) is 2.09. The predicted molar refractivity (Wildman–Crippen MR) is 83.5 cm³/mol. The molecule has 0 amide bonds. The zero-order valence-corrected chi connectivity index (χ0v) is 12.2. The van der Waals surface area contributed by atoms with Crippen LogP contribution in [-0.4, -0.2) is 11.5 Å². The normalized spacial score (nSPS) is 11.8. The molecule has 102 valence electrons.